The number of benzene rings is 1. The molecule has 7 heteroatoms. The van der Waals surface area contributed by atoms with Gasteiger partial charge < -0.3 is 14.6 Å². The topological polar surface area (TPSA) is 82.9 Å². The van der Waals surface area contributed by atoms with E-state index >= 15 is 0 Å². The summed E-state index contributed by atoms with van der Waals surface area (Å²) < 4.78 is 1.87. The lowest BCUT2D eigenvalue weighted by Gasteiger charge is -2.42. The van der Waals surface area contributed by atoms with Crippen LogP contribution in [0.25, 0.3) is 0 Å². The van der Waals surface area contributed by atoms with Crippen molar-refractivity contribution in [2.45, 2.75) is 25.3 Å². The number of pyridine rings is 1. The number of likely N-dealkylation sites (tertiary alicyclic amines) is 1. The van der Waals surface area contributed by atoms with E-state index in [1.54, 1.807) is 31.3 Å². The number of fused-ring (bicyclic) bond motifs is 4. The minimum absolute atomic E-state index is 0.0459. The van der Waals surface area contributed by atoms with Crippen molar-refractivity contribution in [3.05, 3.63) is 58.5 Å². The fourth-order valence-electron chi connectivity index (χ4n) is 4.54. The van der Waals surface area contributed by atoms with Crippen LogP contribution in [0.2, 0.25) is 0 Å². The fraction of sp³-hybridized carbons (Fsp3) is 0.409. The molecular formula is C22H25N3O4. The van der Waals surface area contributed by atoms with E-state index in [2.05, 4.69) is 4.90 Å². The summed E-state index contributed by atoms with van der Waals surface area (Å²) in [7, 11) is 1.63. The van der Waals surface area contributed by atoms with Crippen LogP contribution in [0.5, 0.6) is 5.75 Å². The molecule has 1 N–H and O–H groups in total. The number of amides is 1. The molecular weight excluding hydrogens is 370 g/mol. The van der Waals surface area contributed by atoms with Crippen molar-refractivity contribution in [3.8, 4) is 5.75 Å². The molecule has 1 fully saturated rings. The fourth-order valence-corrected chi connectivity index (χ4v) is 4.54. The lowest BCUT2D eigenvalue weighted by Crippen LogP contribution is -2.48. The molecule has 0 saturated carbocycles. The minimum Gasteiger partial charge on any atom is -0.508 e. The van der Waals surface area contributed by atoms with E-state index in [9.17, 15) is 19.5 Å². The Balaban J connectivity index is 1.36. The first-order valence-electron chi connectivity index (χ1n) is 9.90. The number of phenolic OH excluding ortho intramolecular Hbond substituents is 1. The van der Waals surface area contributed by atoms with Gasteiger partial charge in [0.15, 0.2) is 5.78 Å². The molecule has 0 radical (unpaired) electrons. The Bertz CT molecular complexity index is 982. The second-order valence-electron chi connectivity index (χ2n) is 8.08. The molecule has 1 amide bonds. The summed E-state index contributed by atoms with van der Waals surface area (Å²) in [5.41, 5.74) is 1.73. The Morgan fingerprint density at radius 3 is 2.62 bits per heavy atom. The van der Waals surface area contributed by atoms with E-state index in [1.165, 1.54) is 17.0 Å². The average molecular weight is 395 g/mol. The molecule has 2 bridgehead atoms. The molecule has 2 aromatic rings. The molecule has 3 heterocycles. The van der Waals surface area contributed by atoms with Crippen LogP contribution in [-0.2, 0) is 16.1 Å². The smallest absolute Gasteiger partial charge is 0.250 e. The normalized spacial score (nSPS) is 20.7. The number of anilines is 1. The third-order valence-electron chi connectivity index (χ3n) is 5.91. The molecule has 1 saturated heterocycles. The molecule has 1 aromatic heterocycles. The van der Waals surface area contributed by atoms with Crippen molar-refractivity contribution >= 4 is 17.4 Å². The van der Waals surface area contributed by atoms with Gasteiger partial charge in [0.1, 0.15) is 5.75 Å². The van der Waals surface area contributed by atoms with Gasteiger partial charge in [0.05, 0.1) is 13.0 Å². The molecule has 152 valence electrons. The van der Waals surface area contributed by atoms with Crippen LogP contribution < -0.4 is 10.5 Å². The van der Waals surface area contributed by atoms with Gasteiger partial charge in [-0.05, 0) is 42.7 Å². The molecule has 7 nitrogen and oxygen atoms in total. The maximum absolute atomic E-state index is 12.5. The highest BCUT2D eigenvalue weighted by molar-refractivity contribution is 6.06. The summed E-state index contributed by atoms with van der Waals surface area (Å²) in [4.78, 5) is 40.7. The first-order valence-corrected chi connectivity index (χ1v) is 9.90. The Morgan fingerprint density at radius 2 is 1.86 bits per heavy atom. The summed E-state index contributed by atoms with van der Waals surface area (Å²) in [5.74, 6) is 0.357. The number of phenols is 1. The molecule has 0 spiro atoms. The predicted molar refractivity (Wildman–Crippen MR) is 109 cm³/mol. The van der Waals surface area contributed by atoms with Crippen LogP contribution in [0.4, 0.5) is 5.69 Å². The Labute approximate surface area is 169 Å². The lowest BCUT2D eigenvalue weighted by molar-refractivity contribution is -0.127. The number of carbonyl (C=O) groups excluding carboxylic acids is 2. The van der Waals surface area contributed by atoms with Gasteiger partial charge in [-0.15, -0.1) is 0 Å². The maximum atomic E-state index is 12.5. The van der Waals surface area contributed by atoms with Crippen molar-refractivity contribution in [2.75, 3.05) is 31.6 Å². The van der Waals surface area contributed by atoms with Crippen LogP contribution in [0.1, 0.15) is 24.5 Å². The number of nitrogens with zero attached hydrogens (tertiary/aromatic N) is 3. The van der Waals surface area contributed by atoms with Crippen molar-refractivity contribution in [3.63, 3.8) is 0 Å². The van der Waals surface area contributed by atoms with Gasteiger partial charge in [0.25, 0.3) is 5.56 Å². The van der Waals surface area contributed by atoms with Gasteiger partial charge in [-0.3, -0.25) is 19.3 Å². The minimum atomic E-state index is -0.269. The van der Waals surface area contributed by atoms with Crippen LogP contribution in [0.15, 0.2) is 47.3 Å². The van der Waals surface area contributed by atoms with E-state index in [-0.39, 0.29) is 41.9 Å². The number of carbonyl (C=O) groups is 2. The first kappa shape index (κ1) is 19.4. The van der Waals surface area contributed by atoms with Gasteiger partial charge in [0, 0.05) is 50.0 Å². The quantitative estimate of drug-likeness (QED) is 0.778. The summed E-state index contributed by atoms with van der Waals surface area (Å²) >= 11 is 0. The Hall–Kier alpha value is -2.93. The highest BCUT2D eigenvalue weighted by Crippen LogP contribution is 2.34. The van der Waals surface area contributed by atoms with E-state index in [4.69, 9.17) is 0 Å². The second-order valence-corrected chi connectivity index (χ2v) is 8.08. The van der Waals surface area contributed by atoms with Crippen molar-refractivity contribution in [2.24, 2.45) is 5.92 Å². The Kier molecular flexibility index (Phi) is 5.24. The molecule has 2 unspecified atom stereocenters. The molecule has 4 rings (SSSR count). The highest BCUT2D eigenvalue weighted by atomic mass is 16.3. The molecule has 2 atom stereocenters. The van der Waals surface area contributed by atoms with Gasteiger partial charge >= 0.3 is 0 Å². The summed E-state index contributed by atoms with van der Waals surface area (Å²) in [6, 6.07) is 11.7. The second kappa shape index (κ2) is 7.83. The van der Waals surface area contributed by atoms with Gasteiger partial charge in [-0.1, -0.05) is 6.07 Å². The third-order valence-corrected chi connectivity index (χ3v) is 5.91. The molecule has 1 aromatic carbocycles. The van der Waals surface area contributed by atoms with Gasteiger partial charge in [-0.2, -0.15) is 0 Å². The Morgan fingerprint density at radius 1 is 1.10 bits per heavy atom. The number of aromatic hydroxyl groups is 1. The number of aromatic nitrogens is 1. The van der Waals surface area contributed by atoms with Crippen LogP contribution in [-0.4, -0.2) is 52.9 Å². The van der Waals surface area contributed by atoms with E-state index in [0.29, 0.717) is 18.2 Å². The van der Waals surface area contributed by atoms with E-state index in [1.807, 2.05) is 10.6 Å². The SMILES string of the molecule is CN(C(=O)CC(=O)CN1CC2CC(C1)c1cccc(=O)n1C2)c1ccc(O)cc1. The van der Waals surface area contributed by atoms with Crippen molar-refractivity contribution < 1.29 is 14.7 Å². The predicted octanol–water partition coefficient (Wildman–Crippen LogP) is 1.60. The van der Waals surface area contributed by atoms with E-state index in [0.717, 1.165) is 25.2 Å². The highest BCUT2D eigenvalue weighted by Gasteiger charge is 2.35. The first-order chi connectivity index (χ1) is 13.9. The average Bonchev–Trinajstić information content (AvgIpc) is 2.68. The number of hydrogen-bond donors (Lipinski definition) is 1. The summed E-state index contributed by atoms with van der Waals surface area (Å²) in [6.07, 6.45) is 0.885. The number of Topliss-reactive ketones (excluding diaryl/α,β-unsaturated/α-hetero) is 1. The van der Waals surface area contributed by atoms with Crippen molar-refractivity contribution in [1.29, 1.82) is 0 Å². The number of hydrogen-bond acceptors (Lipinski definition) is 5. The number of ketones is 1. The van der Waals surface area contributed by atoms with Crippen LogP contribution in [0.3, 0.4) is 0 Å². The number of piperidine rings is 1. The lowest BCUT2D eigenvalue weighted by atomic mass is 9.83. The summed E-state index contributed by atoms with van der Waals surface area (Å²) in [6.45, 7) is 2.44. The molecule has 29 heavy (non-hydrogen) atoms. The maximum Gasteiger partial charge on any atom is 0.250 e. The third kappa shape index (κ3) is 4.10. The zero-order chi connectivity index (χ0) is 20.5. The monoisotopic (exact) mass is 395 g/mol. The van der Waals surface area contributed by atoms with E-state index < -0.39 is 0 Å². The van der Waals surface area contributed by atoms with Gasteiger partial charge in [-0.25, -0.2) is 0 Å². The molecule has 2 aliphatic rings. The number of rotatable bonds is 5. The zero-order valence-electron chi connectivity index (χ0n) is 16.5. The molecule has 0 aliphatic carbocycles. The van der Waals surface area contributed by atoms with Crippen LogP contribution in [0, 0.1) is 5.92 Å². The largest absolute Gasteiger partial charge is 0.508 e. The zero-order valence-corrected chi connectivity index (χ0v) is 16.5. The standard InChI is InChI=1S/C22H25N3O4/c1-23(17-5-7-18(26)8-6-17)22(29)10-19(27)14-24-11-15-9-16(13-24)20-3-2-4-21(28)25(20)12-15/h2-8,15-16,26H,9-14H2,1H3. The van der Waals surface area contributed by atoms with Gasteiger partial charge in [0.2, 0.25) is 5.91 Å². The van der Waals surface area contributed by atoms with Crippen LogP contribution >= 0.6 is 0 Å². The van der Waals surface area contributed by atoms with Crippen molar-refractivity contribution in [1.82, 2.24) is 9.47 Å². The summed E-state index contributed by atoms with van der Waals surface area (Å²) in [5, 5.41) is 9.37. The molecule has 2 aliphatic heterocycles.